The van der Waals surface area contributed by atoms with Crippen LogP contribution in [0.4, 0.5) is 4.39 Å². The largest absolute Gasteiger partial charge is 0.492 e. The molecule has 0 radical (unpaired) electrons. The predicted molar refractivity (Wildman–Crippen MR) is 73.9 cm³/mol. The van der Waals surface area contributed by atoms with Crippen molar-refractivity contribution in [3.63, 3.8) is 0 Å². The monoisotopic (exact) mass is 326 g/mol. The maximum absolute atomic E-state index is 13.7. The van der Waals surface area contributed by atoms with Gasteiger partial charge in [0.2, 0.25) is 5.82 Å². The number of fused-ring (bicyclic) bond motifs is 2. The Morgan fingerprint density at radius 2 is 2.16 bits per heavy atom. The summed E-state index contributed by atoms with van der Waals surface area (Å²) in [5, 5.41) is 1.42. The van der Waals surface area contributed by atoms with Gasteiger partial charge in [-0.3, -0.25) is 0 Å². The van der Waals surface area contributed by atoms with Crippen molar-refractivity contribution in [2.75, 3.05) is 11.9 Å². The second-order valence-electron chi connectivity index (χ2n) is 4.79. The summed E-state index contributed by atoms with van der Waals surface area (Å²) in [4.78, 5) is 11.4. The molecule has 0 bridgehead atoms. The third kappa shape index (κ3) is 1.71. The number of benzene rings is 1. The van der Waals surface area contributed by atoms with Crippen LogP contribution in [0.3, 0.4) is 0 Å². The fourth-order valence-corrected chi connectivity index (χ4v) is 3.06. The molecule has 0 saturated heterocycles. The standard InChI is InChI=1S/C14H12BrFO3/c1-6-9-3-10-8(4-15)5-18-12(10)7(2)13(9)19-14(17)11(6)16/h3,8H,4-5H2,1-2H3. The second-order valence-corrected chi connectivity index (χ2v) is 5.43. The van der Waals surface area contributed by atoms with E-state index in [1.807, 2.05) is 13.0 Å². The number of halogens is 2. The van der Waals surface area contributed by atoms with Crippen LogP contribution >= 0.6 is 15.9 Å². The Bertz CT molecular complexity index is 736. The molecular formula is C14H12BrFO3. The molecule has 0 spiro atoms. The molecule has 3 nitrogen and oxygen atoms in total. The van der Waals surface area contributed by atoms with Crippen molar-refractivity contribution in [1.82, 2.24) is 0 Å². The van der Waals surface area contributed by atoms with E-state index in [2.05, 4.69) is 15.9 Å². The van der Waals surface area contributed by atoms with Gasteiger partial charge in [0.15, 0.2) is 0 Å². The lowest BCUT2D eigenvalue weighted by Gasteiger charge is -2.10. The third-order valence-electron chi connectivity index (χ3n) is 3.65. The van der Waals surface area contributed by atoms with Crippen LogP contribution < -0.4 is 10.4 Å². The SMILES string of the molecule is Cc1c(F)c(=O)oc2c(C)c3c(cc12)C(CBr)CO3. The smallest absolute Gasteiger partial charge is 0.372 e. The summed E-state index contributed by atoms with van der Waals surface area (Å²) < 4.78 is 24.4. The highest BCUT2D eigenvalue weighted by Gasteiger charge is 2.28. The number of hydrogen-bond donors (Lipinski definition) is 0. The Morgan fingerprint density at radius 1 is 1.42 bits per heavy atom. The maximum atomic E-state index is 13.7. The first-order valence-corrected chi connectivity index (χ1v) is 7.12. The van der Waals surface area contributed by atoms with Crippen LogP contribution in [0, 0.1) is 19.7 Å². The molecule has 5 heteroatoms. The summed E-state index contributed by atoms with van der Waals surface area (Å²) in [6, 6.07) is 1.87. The van der Waals surface area contributed by atoms with Gasteiger partial charge in [-0.2, -0.15) is 4.39 Å². The Morgan fingerprint density at radius 3 is 2.84 bits per heavy atom. The number of ether oxygens (including phenoxy) is 1. The van der Waals surface area contributed by atoms with E-state index in [0.717, 1.165) is 22.2 Å². The van der Waals surface area contributed by atoms with Gasteiger partial charge in [0.05, 0.1) is 6.61 Å². The lowest BCUT2D eigenvalue weighted by molar-refractivity contribution is 0.337. The number of rotatable bonds is 1. The van der Waals surface area contributed by atoms with Crippen LogP contribution in [0.15, 0.2) is 15.3 Å². The van der Waals surface area contributed by atoms with Crippen LogP contribution in [0.25, 0.3) is 11.0 Å². The Hall–Kier alpha value is -1.36. The lowest BCUT2D eigenvalue weighted by Crippen LogP contribution is -2.08. The van der Waals surface area contributed by atoms with Crippen molar-refractivity contribution >= 4 is 26.9 Å². The minimum absolute atomic E-state index is 0.243. The summed E-state index contributed by atoms with van der Waals surface area (Å²) in [6.07, 6.45) is 0. The van der Waals surface area contributed by atoms with E-state index in [0.29, 0.717) is 23.1 Å². The van der Waals surface area contributed by atoms with Gasteiger partial charge >= 0.3 is 5.63 Å². The predicted octanol–water partition coefficient (Wildman–Crippen LogP) is 3.42. The van der Waals surface area contributed by atoms with Crippen molar-refractivity contribution in [1.29, 1.82) is 0 Å². The van der Waals surface area contributed by atoms with Crippen LogP contribution in [0.1, 0.15) is 22.6 Å². The quantitative estimate of drug-likeness (QED) is 0.595. The molecule has 100 valence electrons. The van der Waals surface area contributed by atoms with Gasteiger partial charge in [0, 0.05) is 33.3 Å². The highest BCUT2D eigenvalue weighted by Crippen LogP contribution is 2.41. The van der Waals surface area contributed by atoms with Crippen molar-refractivity contribution < 1.29 is 13.5 Å². The highest BCUT2D eigenvalue weighted by atomic mass is 79.9. The second kappa shape index (κ2) is 4.34. The normalized spacial score (nSPS) is 17.6. The summed E-state index contributed by atoms with van der Waals surface area (Å²) in [5.74, 6) is 0.180. The molecular weight excluding hydrogens is 315 g/mol. The summed E-state index contributed by atoms with van der Waals surface area (Å²) in [6.45, 7) is 4.01. The van der Waals surface area contributed by atoms with E-state index in [9.17, 15) is 9.18 Å². The van der Waals surface area contributed by atoms with Gasteiger partial charge in [0.1, 0.15) is 11.3 Å². The Kier molecular flexibility index (Phi) is 2.89. The molecule has 19 heavy (non-hydrogen) atoms. The molecule has 0 saturated carbocycles. The third-order valence-corrected chi connectivity index (χ3v) is 4.43. The van der Waals surface area contributed by atoms with E-state index in [-0.39, 0.29) is 5.92 Å². The zero-order valence-corrected chi connectivity index (χ0v) is 12.1. The zero-order valence-electron chi connectivity index (χ0n) is 10.5. The van der Waals surface area contributed by atoms with E-state index >= 15 is 0 Å². The van der Waals surface area contributed by atoms with Gasteiger partial charge in [-0.25, -0.2) is 4.79 Å². The van der Waals surface area contributed by atoms with E-state index in [1.54, 1.807) is 6.92 Å². The zero-order chi connectivity index (χ0) is 13.7. The molecule has 2 heterocycles. The molecule has 3 rings (SSSR count). The van der Waals surface area contributed by atoms with Gasteiger partial charge in [-0.15, -0.1) is 0 Å². The molecule has 1 atom stereocenters. The molecule has 0 aliphatic carbocycles. The first kappa shape index (κ1) is 12.7. The number of alkyl halides is 1. The van der Waals surface area contributed by atoms with E-state index < -0.39 is 11.4 Å². The van der Waals surface area contributed by atoms with Gasteiger partial charge in [0.25, 0.3) is 0 Å². The number of hydrogen-bond acceptors (Lipinski definition) is 3. The molecule has 1 unspecified atom stereocenters. The average molecular weight is 327 g/mol. The summed E-state index contributed by atoms with van der Waals surface area (Å²) in [5.41, 5.74) is 1.62. The van der Waals surface area contributed by atoms with Crippen LogP contribution in [-0.2, 0) is 0 Å². The maximum Gasteiger partial charge on any atom is 0.372 e. The molecule has 0 amide bonds. The fourth-order valence-electron chi connectivity index (χ4n) is 2.52. The van der Waals surface area contributed by atoms with Gasteiger partial charge in [-0.05, 0) is 19.9 Å². The molecule has 1 aromatic heterocycles. The van der Waals surface area contributed by atoms with Crippen LogP contribution in [0.2, 0.25) is 0 Å². The van der Waals surface area contributed by atoms with Crippen molar-refractivity contribution in [3.8, 4) is 5.75 Å². The van der Waals surface area contributed by atoms with E-state index in [1.165, 1.54) is 0 Å². The van der Waals surface area contributed by atoms with Crippen LogP contribution in [-0.4, -0.2) is 11.9 Å². The molecule has 2 aromatic rings. The van der Waals surface area contributed by atoms with Crippen molar-refractivity contribution in [2.24, 2.45) is 0 Å². The minimum atomic E-state index is -0.928. The average Bonchev–Trinajstić information content (AvgIpc) is 2.81. The molecule has 0 fully saturated rings. The number of aryl methyl sites for hydroxylation is 2. The first-order valence-electron chi connectivity index (χ1n) is 5.99. The lowest BCUT2D eigenvalue weighted by atomic mass is 9.97. The van der Waals surface area contributed by atoms with Crippen molar-refractivity contribution in [3.05, 3.63) is 39.0 Å². The summed E-state index contributed by atoms with van der Waals surface area (Å²) >= 11 is 3.45. The summed E-state index contributed by atoms with van der Waals surface area (Å²) in [7, 11) is 0. The van der Waals surface area contributed by atoms with Gasteiger partial charge in [-0.1, -0.05) is 15.9 Å². The van der Waals surface area contributed by atoms with Gasteiger partial charge < -0.3 is 9.15 Å². The van der Waals surface area contributed by atoms with Crippen molar-refractivity contribution in [2.45, 2.75) is 19.8 Å². The fraction of sp³-hybridized carbons (Fsp3) is 0.357. The molecule has 1 aliphatic rings. The highest BCUT2D eigenvalue weighted by molar-refractivity contribution is 9.09. The molecule has 0 N–H and O–H groups in total. The Labute approximate surface area is 117 Å². The minimum Gasteiger partial charge on any atom is -0.492 e. The first-order chi connectivity index (χ1) is 9.04. The molecule has 1 aliphatic heterocycles. The van der Waals surface area contributed by atoms with E-state index in [4.69, 9.17) is 9.15 Å². The topological polar surface area (TPSA) is 39.4 Å². The Balaban J connectivity index is 2.43. The molecule has 1 aromatic carbocycles. The van der Waals surface area contributed by atoms with Crippen LogP contribution in [0.5, 0.6) is 5.75 Å².